The Morgan fingerprint density at radius 2 is 1.96 bits per heavy atom. The molecule has 25 heavy (non-hydrogen) atoms. The van der Waals surface area contributed by atoms with E-state index in [2.05, 4.69) is 22.4 Å². The Morgan fingerprint density at radius 3 is 2.64 bits per heavy atom. The third kappa shape index (κ3) is 5.50. The first-order valence-electron chi connectivity index (χ1n) is 8.17. The minimum atomic E-state index is -0.0637. The number of anilines is 1. The highest BCUT2D eigenvalue weighted by atomic mass is 32.2. The van der Waals surface area contributed by atoms with Gasteiger partial charge in [-0.05, 0) is 36.8 Å². The van der Waals surface area contributed by atoms with Crippen LogP contribution in [0.15, 0.2) is 70.1 Å². The van der Waals surface area contributed by atoms with Crippen molar-refractivity contribution in [3.8, 4) is 0 Å². The first kappa shape index (κ1) is 17.3. The first-order chi connectivity index (χ1) is 12.2. The number of nitrogens with one attached hydrogen (secondary N) is 1. The number of hydrogen-bond donors (Lipinski definition) is 1. The van der Waals surface area contributed by atoms with Gasteiger partial charge in [0, 0.05) is 29.7 Å². The van der Waals surface area contributed by atoms with Gasteiger partial charge in [0.15, 0.2) is 0 Å². The third-order valence-electron chi connectivity index (χ3n) is 3.65. The number of carbonyl (C=O) groups excluding carboxylic acids is 1. The van der Waals surface area contributed by atoms with Crippen molar-refractivity contribution in [1.29, 1.82) is 0 Å². The molecule has 0 atom stereocenters. The lowest BCUT2D eigenvalue weighted by molar-refractivity contribution is -0.116. The van der Waals surface area contributed by atoms with Gasteiger partial charge in [0.2, 0.25) is 5.91 Å². The van der Waals surface area contributed by atoms with Gasteiger partial charge in [-0.3, -0.25) is 4.79 Å². The largest absolute Gasteiger partial charge is 0.466 e. The molecule has 128 valence electrons. The van der Waals surface area contributed by atoms with Gasteiger partial charge < -0.3 is 9.73 Å². The second-order valence-electron chi connectivity index (χ2n) is 5.71. The summed E-state index contributed by atoms with van der Waals surface area (Å²) in [6, 6.07) is 17.9. The van der Waals surface area contributed by atoms with Crippen LogP contribution in [0, 0.1) is 6.92 Å². The molecule has 4 nitrogen and oxygen atoms in total. The van der Waals surface area contributed by atoms with Gasteiger partial charge in [0.05, 0.1) is 0 Å². The summed E-state index contributed by atoms with van der Waals surface area (Å²) in [4.78, 5) is 17.4. The fourth-order valence-corrected chi connectivity index (χ4v) is 3.16. The van der Waals surface area contributed by atoms with Crippen molar-refractivity contribution < 1.29 is 9.21 Å². The topological polar surface area (TPSA) is 55.1 Å². The fourth-order valence-electron chi connectivity index (χ4n) is 2.34. The molecule has 1 amide bonds. The number of hydrogen-bond acceptors (Lipinski definition) is 4. The summed E-state index contributed by atoms with van der Waals surface area (Å²) in [7, 11) is 0. The average Bonchev–Trinajstić information content (AvgIpc) is 3.06. The molecule has 0 aliphatic rings. The van der Waals surface area contributed by atoms with Crippen LogP contribution in [-0.2, 0) is 17.0 Å². The van der Waals surface area contributed by atoms with Gasteiger partial charge >= 0.3 is 0 Å². The second kappa shape index (κ2) is 8.53. The van der Waals surface area contributed by atoms with Crippen molar-refractivity contribution in [2.45, 2.75) is 30.4 Å². The summed E-state index contributed by atoms with van der Waals surface area (Å²) < 4.78 is 5.46. The SMILES string of the molecule is Cc1ccc(CCC(=O)Nc2ccc(SCc3ccccc3)cn2)o1. The molecule has 1 aromatic carbocycles. The first-order valence-corrected chi connectivity index (χ1v) is 9.15. The van der Waals surface area contributed by atoms with Gasteiger partial charge in [0.25, 0.3) is 0 Å². The zero-order chi connectivity index (χ0) is 17.5. The number of aryl methyl sites for hydroxylation is 2. The molecule has 0 unspecified atom stereocenters. The number of rotatable bonds is 7. The van der Waals surface area contributed by atoms with E-state index in [0.29, 0.717) is 18.7 Å². The Balaban J connectivity index is 1.46. The zero-order valence-corrected chi connectivity index (χ0v) is 14.9. The third-order valence-corrected chi connectivity index (χ3v) is 4.70. The van der Waals surface area contributed by atoms with Gasteiger partial charge in [-0.1, -0.05) is 30.3 Å². The number of benzene rings is 1. The van der Waals surface area contributed by atoms with E-state index < -0.39 is 0 Å². The van der Waals surface area contributed by atoms with Crippen LogP contribution in [-0.4, -0.2) is 10.9 Å². The van der Waals surface area contributed by atoms with Crippen LogP contribution in [0.5, 0.6) is 0 Å². The number of carbonyl (C=O) groups is 1. The van der Waals surface area contributed by atoms with Crippen LogP contribution in [0.2, 0.25) is 0 Å². The van der Waals surface area contributed by atoms with Crippen LogP contribution in [0.4, 0.5) is 5.82 Å². The van der Waals surface area contributed by atoms with E-state index in [4.69, 9.17) is 4.42 Å². The van der Waals surface area contributed by atoms with Crippen molar-refractivity contribution in [3.63, 3.8) is 0 Å². The van der Waals surface area contributed by atoms with Crippen LogP contribution in [0.3, 0.4) is 0 Å². The smallest absolute Gasteiger partial charge is 0.225 e. The van der Waals surface area contributed by atoms with E-state index in [1.165, 1.54) is 5.56 Å². The Hall–Kier alpha value is -2.53. The minimum Gasteiger partial charge on any atom is -0.466 e. The molecular formula is C20H20N2O2S. The lowest BCUT2D eigenvalue weighted by Gasteiger charge is -2.05. The standard InChI is InChI=1S/C20H20N2O2S/c1-15-7-8-17(24-15)9-12-20(23)22-19-11-10-18(13-21-19)25-14-16-5-3-2-4-6-16/h2-8,10-11,13H,9,12,14H2,1H3,(H,21,22,23). The number of amides is 1. The molecule has 0 saturated heterocycles. The zero-order valence-electron chi connectivity index (χ0n) is 14.1. The van der Waals surface area contributed by atoms with Crippen molar-refractivity contribution in [2.24, 2.45) is 0 Å². The summed E-state index contributed by atoms with van der Waals surface area (Å²) in [6.07, 6.45) is 2.75. The minimum absolute atomic E-state index is 0.0637. The fraction of sp³-hybridized carbons (Fsp3) is 0.200. The highest BCUT2D eigenvalue weighted by Gasteiger charge is 2.06. The molecule has 0 aliphatic heterocycles. The molecule has 3 rings (SSSR count). The summed E-state index contributed by atoms with van der Waals surface area (Å²) in [5.41, 5.74) is 1.28. The number of thioether (sulfide) groups is 1. The van der Waals surface area contributed by atoms with E-state index in [9.17, 15) is 4.79 Å². The van der Waals surface area contributed by atoms with Gasteiger partial charge in [-0.2, -0.15) is 0 Å². The Kier molecular flexibility index (Phi) is 5.90. The normalized spacial score (nSPS) is 10.6. The highest BCUT2D eigenvalue weighted by Crippen LogP contribution is 2.22. The monoisotopic (exact) mass is 352 g/mol. The highest BCUT2D eigenvalue weighted by molar-refractivity contribution is 7.98. The summed E-state index contributed by atoms with van der Waals surface area (Å²) in [5.74, 6) is 3.10. The summed E-state index contributed by atoms with van der Waals surface area (Å²) >= 11 is 1.72. The molecule has 0 fully saturated rings. The average molecular weight is 352 g/mol. The van der Waals surface area contributed by atoms with Crippen molar-refractivity contribution in [1.82, 2.24) is 4.98 Å². The molecule has 0 radical (unpaired) electrons. The van der Waals surface area contributed by atoms with E-state index in [0.717, 1.165) is 22.2 Å². The second-order valence-corrected chi connectivity index (χ2v) is 6.76. The van der Waals surface area contributed by atoms with Crippen LogP contribution in [0.25, 0.3) is 0 Å². The molecular weight excluding hydrogens is 332 g/mol. The molecule has 0 spiro atoms. The Morgan fingerprint density at radius 1 is 1.12 bits per heavy atom. The van der Waals surface area contributed by atoms with Gasteiger partial charge in [-0.25, -0.2) is 4.98 Å². The molecule has 2 heterocycles. The van der Waals surface area contributed by atoms with Crippen LogP contribution in [0.1, 0.15) is 23.5 Å². The molecule has 5 heteroatoms. The lowest BCUT2D eigenvalue weighted by Crippen LogP contribution is -2.13. The van der Waals surface area contributed by atoms with Crippen molar-refractivity contribution in [3.05, 3.63) is 77.9 Å². The Bertz CT molecular complexity index is 813. The van der Waals surface area contributed by atoms with Crippen LogP contribution < -0.4 is 5.32 Å². The maximum absolute atomic E-state index is 12.0. The Labute approximate surface area is 151 Å². The quantitative estimate of drug-likeness (QED) is 0.618. The number of nitrogens with zero attached hydrogens (tertiary/aromatic N) is 1. The summed E-state index contributed by atoms with van der Waals surface area (Å²) in [6.45, 7) is 1.89. The molecule has 0 aliphatic carbocycles. The maximum atomic E-state index is 12.0. The van der Waals surface area contributed by atoms with E-state index in [1.807, 2.05) is 49.4 Å². The number of furan rings is 1. The number of aromatic nitrogens is 1. The van der Waals surface area contributed by atoms with E-state index in [1.54, 1.807) is 18.0 Å². The van der Waals surface area contributed by atoms with Gasteiger partial charge in [-0.15, -0.1) is 11.8 Å². The molecule has 0 saturated carbocycles. The van der Waals surface area contributed by atoms with E-state index >= 15 is 0 Å². The van der Waals surface area contributed by atoms with E-state index in [-0.39, 0.29) is 5.91 Å². The predicted molar refractivity (Wildman–Crippen MR) is 101 cm³/mol. The molecule has 1 N–H and O–H groups in total. The molecule has 0 bridgehead atoms. The van der Waals surface area contributed by atoms with Crippen molar-refractivity contribution >= 4 is 23.5 Å². The van der Waals surface area contributed by atoms with Crippen molar-refractivity contribution in [2.75, 3.05) is 5.32 Å². The van der Waals surface area contributed by atoms with Gasteiger partial charge in [0.1, 0.15) is 17.3 Å². The maximum Gasteiger partial charge on any atom is 0.225 e. The summed E-state index contributed by atoms with van der Waals surface area (Å²) in [5, 5.41) is 2.82. The number of pyridine rings is 1. The lowest BCUT2D eigenvalue weighted by atomic mass is 10.2. The molecule has 2 aromatic heterocycles. The molecule has 3 aromatic rings. The predicted octanol–water partition coefficient (Wildman–Crippen LogP) is 4.85. The van der Waals surface area contributed by atoms with Crippen LogP contribution >= 0.6 is 11.8 Å².